The minimum Gasteiger partial charge on any atom is -0.394 e. The summed E-state index contributed by atoms with van der Waals surface area (Å²) in [6, 6.07) is 0. The number of aromatic nitrogens is 2. The number of rotatable bonds is 4. The van der Waals surface area contributed by atoms with E-state index in [4.69, 9.17) is 26.1 Å². The summed E-state index contributed by atoms with van der Waals surface area (Å²) >= 11 is 0. The van der Waals surface area contributed by atoms with Gasteiger partial charge in [-0.1, -0.05) is 0 Å². The highest BCUT2D eigenvalue weighted by molar-refractivity contribution is 5.95. The van der Waals surface area contributed by atoms with Crippen molar-refractivity contribution in [3.63, 3.8) is 0 Å². The molecule has 2 heterocycles. The first-order valence-electron chi connectivity index (χ1n) is 5.38. The number of imidazole rings is 1. The predicted molar refractivity (Wildman–Crippen MR) is 59.5 cm³/mol. The number of nitrogen functional groups attached to an aromatic ring is 1. The molecule has 1 saturated heterocycles. The third-order valence-electron chi connectivity index (χ3n) is 2.72. The third kappa shape index (κ3) is 2.33. The van der Waals surface area contributed by atoms with Gasteiger partial charge in [-0.3, -0.25) is 4.79 Å². The Bertz CT molecular complexity index is 477. The predicted octanol–water partition coefficient (Wildman–Crippen LogP) is -3.57. The number of amides is 1. The Kier molecular flexibility index (Phi) is 3.57. The second-order valence-corrected chi connectivity index (χ2v) is 3.98. The fourth-order valence-electron chi connectivity index (χ4n) is 1.68. The summed E-state index contributed by atoms with van der Waals surface area (Å²) in [7, 11) is 0. The molecule has 0 spiro atoms. The SMILES string of the molecule is NC(=O)c1ncn(OC2OC(CO)C(O)C2O)c1N. The average molecular weight is 274 g/mol. The molecule has 1 amide bonds. The van der Waals surface area contributed by atoms with Crippen molar-refractivity contribution in [2.45, 2.75) is 24.6 Å². The van der Waals surface area contributed by atoms with Gasteiger partial charge in [-0.05, 0) is 0 Å². The van der Waals surface area contributed by atoms with E-state index in [-0.39, 0.29) is 11.5 Å². The molecule has 0 aromatic carbocycles. The number of hydrogen-bond acceptors (Lipinski definition) is 8. The molecule has 10 heteroatoms. The topological polar surface area (TPSA) is 166 Å². The summed E-state index contributed by atoms with van der Waals surface area (Å²) in [6.45, 7) is -0.482. The van der Waals surface area contributed by atoms with Crippen LogP contribution >= 0.6 is 0 Å². The zero-order valence-electron chi connectivity index (χ0n) is 9.71. The van der Waals surface area contributed by atoms with Gasteiger partial charge in [0.25, 0.3) is 12.2 Å². The van der Waals surface area contributed by atoms with Gasteiger partial charge in [0.1, 0.15) is 24.6 Å². The van der Waals surface area contributed by atoms with E-state index in [0.717, 1.165) is 11.1 Å². The smallest absolute Gasteiger partial charge is 0.271 e. The van der Waals surface area contributed by atoms with Gasteiger partial charge in [-0.15, -0.1) is 0 Å². The highest BCUT2D eigenvalue weighted by Crippen LogP contribution is 2.21. The van der Waals surface area contributed by atoms with E-state index in [1.165, 1.54) is 0 Å². The molecule has 10 nitrogen and oxygen atoms in total. The van der Waals surface area contributed by atoms with Crippen molar-refractivity contribution in [3.05, 3.63) is 12.0 Å². The summed E-state index contributed by atoms with van der Waals surface area (Å²) < 4.78 is 5.96. The quantitative estimate of drug-likeness (QED) is 0.376. The molecule has 4 atom stereocenters. The lowest BCUT2D eigenvalue weighted by Crippen LogP contribution is -2.38. The number of carbonyl (C=O) groups is 1. The monoisotopic (exact) mass is 274 g/mol. The number of anilines is 1. The molecule has 7 N–H and O–H groups in total. The van der Waals surface area contributed by atoms with Gasteiger partial charge in [0.2, 0.25) is 0 Å². The van der Waals surface area contributed by atoms with Crippen LogP contribution in [0.2, 0.25) is 0 Å². The fraction of sp³-hybridized carbons (Fsp3) is 0.556. The average Bonchev–Trinajstić information content (AvgIpc) is 2.85. The highest BCUT2D eigenvalue weighted by atomic mass is 16.8. The molecule has 0 aliphatic carbocycles. The standard InChI is InChI=1S/C9H14N4O6/c10-7-4(8(11)17)12-2-13(7)19-9-6(16)5(15)3(1-14)18-9/h2-3,5-6,9,14-16H,1,10H2,(H2,11,17). The first-order chi connectivity index (χ1) is 8.95. The van der Waals surface area contributed by atoms with Gasteiger partial charge in [0.05, 0.1) is 6.61 Å². The van der Waals surface area contributed by atoms with Crippen molar-refractivity contribution in [1.29, 1.82) is 0 Å². The van der Waals surface area contributed by atoms with E-state index in [0.29, 0.717) is 0 Å². The normalized spacial score (nSPS) is 30.5. The highest BCUT2D eigenvalue weighted by Gasteiger charge is 2.44. The van der Waals surface area contributed by atoms with Crippen LogP contribution in [0.15, 0.2) is 6.33 Å². The van der Waals surface area contributed by atoms with E-state index in [9.17, 15) is 15.0 Å². The van der Waals surface area contributed by atoms with E-state index >= 15 is 0 Å². The molecule has 4 unspecified atom stereocenters. The van der Waals surface area contributed by atoms with Crippen LogP contribution in [0.5, 0.6) is 0 Å². The number of primary amides is 1. The molecule has 0 saturated carbocycles. The Morgan fingerprint density at radius 3 is 2.68 bits per heavy atom. The molecule has 19 heavy (non-hydrogen) atoms. The van der Waals surface area contributed by atoms with Crippen LogP contribution in [0.4, 0.5) is 5.82 Å². The number of nitrogens with zero attached hydrogens (tertiary/aromatic N) is 2. The van der Waals surface area contributed by atoms with Crippen LogP contribution < -0.4 is 16.3 Å². The number of hydrogen-bond donors (Lipinski definition) is 5. The minimum absolute atomic E-state index is 0.162. The molecule has 1 aliphatic heterocycles. The van der Waals surface area contributed by atoms with Crippen molar-refractivity contribution in [2.24, 2.45) is 5.73 Å². The van der Waals surface area contributed by atoms with E-state index in [2.05, 4.69) is 4.98 Å². The molecule has 1 aromatic rings. The number of aliphatic hydroxyl groups is 3. The molecule has 2 rings (SSSR count). The molecular formula is C9H14N4O6. The zero-order chi connectivity index (χ0) is 14.2. The van der Waals surface area contributed by atoms with Crippen molar-refractivity contribution in [2.75, 3.05) is 12.3 Å². The van der Waals surface area contributed by atoms with Crippen molar-refractivity contribution >= 4 is 11.7 Å². The van der Waals surface area contributed by atoms with Gasteiger partial charge in [0.15, 0.2) is 11.5 Å². The summed E-state index contributed by atoms with van der Waals surface area (Å²) in [5.74, 6) is -0.994. The number of carbonyl (C=O) groups excluding carboxylic acids is 1. The van der Waals surface area contributed by atoms with Gasteiger partial charge >= 0.3 is 0 Å². The Hall–Kier alpha value is -1.88. The first-order valence-corrected chi connectivity index (χ1v) is 5.38. The number of aliphatic hydroxyl groups excluding tert-OH is 3. The lowest BCUT2D eigenvalue weighted by Gasteiger charge is -2.17. The number of nitrogens with two attached hydrogens (primary N) is 2. The Morgan fingerprint density at radius 1 is 1.53 bits per heavy atom. The van der Waals surface area contributed by atoms with Gasteiger partial charge in [-0.25, -0.2) is 4.98 Å². The van der Waals surface area contributed by atoms with E-state index in [1.807, 2.05) is 0 Å². The fourth-order valence-corrected chi connectivity index (χ4v) is 1.68. The lowest BCUT2D eigenvalue weighted by atomic mass is 10.1. The van der Waals surface area contributed by atoms with Gasteiger partial charge in [-0.2, -0.15) is 4.73 Å². The summed E-state index contributed by atoms with van der Waals surface area (Å²) in [5, 5.41) is 28.1. The third-order valence-corrected chi connectivity index (χ3v) is 2.72. The van der Waals surface area contributed by atoms with Crippen LogP contribution in [0.25, 0.3) is 0 Å². The summed E-state index contributed by atoms with van der Waals surface area (Å²) in [4.78, 5) is 19.7. The van der Waals surface area contributed by atoms with E-state index < -0.39 is 37.1 Å². The van der Waals surface area contributed by atoms with Crippen LogP contribution in [0, 0.1) is 0 Å². The van der Waals surface area contributed by atoms with Crippen LogP contribution in [0.3, 0.4) is 0 Å². The van der Waals surface area contributed by atoms with Crippen molar-refractivity contribution < 1.29 is 29.7 Å². The number of ether oxygens (including phenoxy) is 1. The van der Waals surface area contributed by atoms with Crippen LogP contribution in [0.1, 0.15) is 10.5 Å². The first kappa shape index (κ1) is 13.5. The van der Waals surface area contributed by atoms with Crippen LogP contribution in [-0.4, -0.2) is 62.1 Å². The van der Waals surface area contributed by atoms with Gasteiger partial charge < -0.3 is 36.4 Å². The second-order valence-electron chi connectivity index (χ2n) is 3.98. The van der Waals surface area contributed by atoms with Gasteiger partial charge in [0, 0.05) is 0 Å². The van der Waals surface area contributed by atoms with Crippen molar-refractivity contribution in [3.8, 4) is 0 Å². The summed E-state index contributed by atoms with van der Waals surface area (Å²) in [5.41, 5.74) is 10.4. The maximum atomic E-state index is 10.9. The molecule has 1 fully saturated rings. The second kappa shape index (κ2) is 5.01. The van der Waals surface area contributed by atoms with Crippen LogP contribution in [-0.2, 0) is 4.74 Å². The Labute approximate surface area is 107 Å². The van der Waals surface area contributed by atoms with Crippen molar-refractivity contribution in [1.82, 2.24) is 9.71 Å². The largest absolute Gasteiger partial charge is 0.394 e. The zero-order valence-corrected chi connectivity index (χ0v) is 9.71. The molecule has 0 radical (unpaired) electrons. The Morgan fingerprint density at radius 2 is 2.21 bits per heavy atom. The molecule has 1 aromatic heterocycles. The van der Waals surface area contributed by atoms with E-state index in [1.54, 1.807) is 0 Å². The maximum Gasteiger partial charge on any atom is 0.271 e. The molecule has 0 bridgehead atoms. The summed E-state index contributed by atoms with van der Waals surface area (Å²) in [6.07, 6.45) is -3.83. The Balaban J connectivity index is 2.12. The molecule has 106 valence electrons. The maximum absolute atomic E-state index is 10.9. The lowest BCUT2D eigenvalue weighted by molar-refractivity contribution is -0.169. The molecular weight excluding hydrogens is 260 g/mol. The molecule has 1 aliphatic rings. The minimum atomic E-state index is -1.38.